The van der Waals surface area contributed by atoms with Gasteiger partial charge in [0.25, 0.3) is 0 Å². The van der Waals surface area contributed by atoms with Crippen LogP contribution in [0.4, 0.5) is 5.69 Å². The second-order valence-corrected chi connectivity index (χ2v) is 5.64. The van der Waals surface area contributed by atoms with E-state index in [1.165, 1.54) is 11.3 Å². The fourth-order valence-corrected chi connectivity index (χ4v) is 2.15. The van der Waals surface area contributed by atoms with Crippen LogP contribution in [-0.2, 0) is 16.0 Å². The molecule has 0 radical (unpaired) electrons. The van der Waals surface area contributed by atoms with Gasteiger partial charge in [0.15, 0.2) is 5.79 Å². The van der Waals surface area contributed by atoms with Gasteiger partial charge in [-0.2, -0.15) is 0 Å². The standard InChI is InChI=1S/C15H24N2O2/c1-15(2)18-11-14(19-15)10-16-9-12-5-7-13(8-6-12)17(3)4/h5-8,14,16H,9-11H2,1-4H3. The van der Waals surface area contributed by atoms with Crippen LogP contribution >= 0.6 is 0 Å². The van der Waals surface area contributed by atoms with Gasteiger partial charge in [-0.1, -0.05) is 12.1 Å². The van der Waals surface area contributed by atoms with Crippen LogP contribution in [0.15, 0.2) is 24.3 Å². The van der Waals surface area contributed by atoms with Crippen LogP contribution in [0.1, 0.15) is 19.4 Å². The Hall–Kier alpha value is -1.10. The number of hydrogen-bond donors (Lipinski definition) is 1. The van der Waals surface area contributed by atoms with E-state index in [0.717, 1.165) is 13.1 Å². The Morgan fingerprint density at radius 2 is 1.95 bits per heavy atom. The summed E-state index contributed by atoms with van der Waals surface area (Å²) in [6.45, 7) is 6.24. The molecule has 1 aliphatic heterocycles. The van der Waals surface area contributed by atoms with Crippen molar-refractivity contribution in [2.75, 3.05) is 32.1 Å². The average molecular weight is 264 g/mol. The van der Waals surface area contributed by atoms with Crippen molar-refractivity contribution in [2.24, 2.45) is 0 Å². The van der Waals surface area contributed by atoms with Crippen molar-refractivity contribution in [3.63, 3.8) is 0 Å². The molecule has 19 heavy (non-hydrogen) atoms. The molecule has 2 rings (SSSR count). The fraction of sp³-hybridized carbons (Fsp3) is 0.600. The number of anilines is 1. The van der Waals surface area contributed by atoms with Crippen LogP contribution < -0.4 is 10.2 Å². The Morgan fingerprint density at radius 3 is 2.47 bits per heavy atom. The molecule has 0 bridgehead atoms. The molecular formula is C15H24N2O2. The van der Waals surface area contributed by atoms with E-state index in [0.29, 0.717) is 6.61 Å². The molecular weight excluding hydrogens is 240 g/mol. The summed E-state index contributed by atoms with van der Waals surface area (Å²) in [6, 6.07) is 8.57. The summed E-state index contributed by atoms with van der Waals surface area (Å²) in [5.74, 6) is -0.431. The van der Waals surface area contributed by atoms with E-state index in [4.69, 9.17) is 9.47 Å². The van der Waals surface area contributed by atoms with Crippen molar-refractivity contribution < 1.29 is 9.47 Å². The first kappa shape index (κ1) is 14.3. The molecule has 0 aliphatic carbocycles. The molecule has 1 saturated heterocycles. The SMILES string of the molecule is CN(C)c1ccc(CNCC2COC(C)(C)O2)cc1. The van der Waals surface area contributed by atoms with E-state index < -0.39 is 5.79 Å². The minimum atomic E-state index is -0.431. The third kappa shape index (κ3) is 4.20. The predicted molar refractivity (Wildman–Crippen MR) is 77.4 cm³/mol. The van der Waals surface area contributed by atoms with Crippen molar-refractivity contribution in [3.05, 3.63) is 29.8 Å². The Bertz CT molecular complexity index is 401. The van der Waals surface area contributed by atoms with Crippen LogP contribution in [0, 0.1) is 0 Å². The van der Waals surface area contributed by atoms with E-state index in [1.54, 1.807) is 0 Å². The second-order valence-electron chi connectivity index (χ2n) is 5.64. The van der Waals surface area contributed by atoms with E-state index in [1.807, 2.05) is 27.9 Å². The van der Waals surface area contributed by atoms with Crippen LogP contribution in [0.25, 0.3) is 0 Å². The number of nitrogens with one attached hydrogen (secondary N) is 1. The molecule has 1 heterocycles. The number of nitrogens with zero attached hydrogens (tertiary/aromatic N) is 1. The van der Waals surface area contributed by atoms with E-state index in [2.05, 4.69) is 34.5 Å². The molecule has 1 atom stereocenters. The minimum Gasteiger partial charge on any atom is -0.378 e. The van der Waals surface area contributed by atoms with Crippen molar-refractivity contribution in [2.45, 2.75) is 32.3 Å². The third-order valence-corrected chi connectivity index (χ3v) is 3.22. The Kier molecular flexibility index (Phi) is 4.45. The Labute approximate surface area is 115 Å². The van der Waals surface area contributed by atoms with Gasteiger partial charge in [0, 0.05) is 32.9 Å². The smallest absolute Gasteiger partial charge is 0.163 e. The van der Waals surface area contributed by atoms with Gasteiger partial charge in [-0.3, -0.25) is 0 Å². The van der Waals surface area contributed by atoms with Gasteiger partial charge in [-0.25, -0.2) is 0 Å². The summed E-state index contributed by atoms with van der Waals surface area (Å²) in [4.78, 5) is 2.10. The molecule has 0 amide bonds. The number of hydrogen-bond acceptors (Lipinski definition) is 4. The number of benzene rings is 1. The highest BCUT2D eigenvalue weighted by Crippen LogP contribution is 2.21. The molecule has 0 spiro atoms. The molecule has 1 aromatic rings. The lowest BCUT2D eigenvalue weighted by Gasteiger charge is -2.17. The molecule has 1 unspecified atom stereocenters. The minimum absolute atomic E-state index is 0.149. The van der Waals surface area contributed by atoms with Gasteiger partial charge in [0.2, 0.25) is 0 Å². The Balaban J connectivity index is 1.74. The largest absolute Gasteiger partial charge is 0.378 e. The van der Waals surface area contributed by atoms with Crippen LogP contribution in [0.2, 0.25) is 0 Å². The van der Waals surface area contributed by atoms with Gasteiger partial charge in [-0.15, -0.1) is 0 Å². The van der Waals surface area contributed by atoms with E-state index >= 15 is 0 Å². The summed E-state index contributed by atoms with van der Waals surface area (Å²) in [5.41, 5.74) is 2.50. The zero-order valence-electron chi connectivity index (χ0n) is 12.3. The molecule has 0 aromatic heterocycles. The predicted octanol–water partition coefficient (Wildman–Crippen LogP) is 1.99. The first-order valence-electron chi connectivity index (χ1n) is 6.75. The molecule has 106 valence electrons. The fourth-order valence-electron chi connectivity index (χ4n) is 2.15. The number of ether oxygens (including phenoxy) is 2. The maximum Gasteiger partial charge on any atom is 0.163 e. The highest BCUT2D eigenvalue weighted by Gasteiger charge is 2.32. The molecule has 1 fully saturated rings. The topological polar surface area (TPSA) is 33.7 Å². The first-order valence-corrected chi connectivity index (χ1v) is 6.75. The maximum absolute atomic E-state index is 5.75. The molecule has 1 N–H and O–H groups in total. The summed E-state index contributed by atoms with van der Waals surface area (Å²) >= 11 is 0. The lowest BCUT2D eigenvalue weighted by Crippen LogP contribution is -2.30. The average Bonchev–Trinajstić information content (AvgIpc) is 2.69. The van der Waals surface area contributed by atoms with Gasteiger partial charge >= 0.3 is 0 Å². The van der Waals surface area contributed by atoms with Crippen molar-refractivity contribution in [1.29, 1.82) is 0 Å². The third-order valence-electron chi connectivity index (χ3n) is 3.22. The quantitative estimate of drug-likeness (QED) is 0.882. The van der Waals surface area contributed by atoms with Gasteiger partial charge < -0.3 is 19.7 Å². The van der Waals surface area contributed by atoms with Crippen molar-refractivity contribution in [3.8, 4) is 0 Å². The summed E-state index contributed by atoms with van der Waals surface area (Å²) in [6.07, 6.45) is 0.149. The lowest BCUT2D eigenvalue weighted by atomic mass is 10.2. The van der Waals surface area contributed by atoms with Gasteiger partial charge in [0.05, 0.1) is 12.7 Å². The van der Waals surface area contributed by atoms with Crippen LogP contribution in [-0.4, -0.2) is 39.1 Å². The normalized spacial score (nSPS) is 21.6. The maximum atomic E-state index is 5.75. The van der Waals surface area contributed by atoms with Gasteiger partial charge in [0.1, 0.15) is 0 Å². The highest BCUT2D eigenvalue weighted by atomic mass is 16.7. The highest BCUT2D eigenvalue weighted by molar-refractivity contribution is 5.45. The lowest BCUT2D eigenvalue weighted by molar-refractivity contribution is -0.137. The summed E-state index contributed by atoms with van der Waals surface area (Å²) in [5, 5.41) is 3.41. The van der Waals surface area contributed by atoms with Crippen LogP contribution in [0.3, 0.4) is 0 Å². The first-order chi connectivity index (χ1) is 8.96. The molecule has 0 saturated carbocycles. The molecule has 1 aromatic carbocycles. The van der Waals surface area contributed by atoms with Gasteiger partial charge in [-0.05, 0) is 31.5 Å². The van der Waals surface area contributed by atoms with Crippen LogP contribution in [0.5, 0.6) is 0 Å². The number of rotatable bonds is 5. The molecule has 1 aliphatic rings. The van der Waals surface area contributed by atoms with Crippen molar-refractivity contribution in [1.82, 2.24) is 5.32 Å². The molecule has 4 heteroatoms. The Morgan fingerprint density at radius 1 is 1.26 bits per heavy atom. The zero-order chi connectivity index (χ0) is 13.9. The zero-order valence-corrected chi connectivity index (χ0v) is 12.3. The monoisotopic (exact) mass is 264 g/mol. The summed E-state index contributed by atoms with van der Waals surface area (Å²) in [7, 11) is 4.10. The second kappa shape index (κ2) is 5.90. The molecule has 4 nitrogen and oxygen atoms in total. The van der Waals surface area contributed by atoms with E-state index in [-0.39, 0.29) is 6.10 Å². The van der Waals surface area contributed by atoms with E-state index in [9.17, 15) is 0 Å². The summed E-state index contributed by atoms with van der Waals surface area (Å²) < 4.78 is 11.3. The van der Waals surface area contributed by atoms with Crippen molar-refractivity contribution >= 4 is 5.69 Å².